The number of rotatable bonds is 9. The Morgan fingerprint density at radius 2 is 1.82 bits per heavy atom. The number of piperidine rings is 1. The molecule has 4 aromatic rings. The summed E-state index contributed by atoms with van der Waals surface area (Å²) in [5.74, 6) is 4.25. The van der Waals surface area contributed by atoms with Crippen LogP contribution in [-0.4, -0.2) is 46.5 Å². The van der Waals surface area contributed by atoms with Crippen molar-refractivity contribution in [3.8, 4) is 5.75 Å². The summed E-state index contributed by atoms with van der Waals surface area (Å²) in [6, 6.07) is 14.8. The normalized spacial score (nSPS) is 19.6. The van der Waals surface area contributed by atoms with Crippen molar-refractivity contribution >= 4 is 34.1 Å². The molecule has 1 saturated heterocycles. The summed E-state index contributed by atoms with van der Waals surface area (Å²) in [5.41, 5.74) is 4.62. The molecule has 1 unspecified atom stereocenters. The van der Waals surface area contributed by atoms with Crippen molar-refractivity contribution in [2.24, 2.45) is 17.8 Å². The van der Waals surface area contributed by atoms with Crippen molar-refractivity contribution in [1.82, 2.24) is 19.7 Å². The minimum absolute atomic E-state index is 0.591. The Morgan fingerprint density at radius 1 is 1.05 bits per heavy atom. The van der Waals surface area contributed by atoms with Crippen molar-refractivity contribution in [3.63, 3.8) is 0 Å². The van der Waals surface area contributed by atoms with Gasteiger partial charge in [-0.05, 0) is 86.3 Å². The number of hydrogen-bond acceptors (Lipinski definition) is 6. The molecule has 2 atom stereocenters. The highest BCUT2D eigenvalue weighted by atomic mass is 35.5. The van der Waals surface area contributed by atoms with E-state index in [1.807, 2.05) is 12.1 Å². The molecular weight excluding hydrogens is 496 g/mol. The summed E-state index contributed by atoms with van der Waals surface area (Å²) >= 11 is 5.93. The first-order valence-corrected chi connectivity index (χ1v) is 14.0. The van der Waals surface area contributed by atoms with Gasteiger partial charge in [-0.3, -0.25) is 4.68 Å². The molecule has 1 N–H and O–H groups in total. The van der Waals surface area contributed by atoms with Crippen LogP contribution in [0.15, 0.2) is 54.9 Å². The second-order valence-corrected chi connectivity index (χ2v) is 11.2. The first-order chi connectivity index (χ1) is 18.6. The maximum atomic E-state index is 5.93. The third-order valence-electron chi connectivity index (χ3n) is 8.28. The monoisotopic (exact) mass is 530 g/mol. The van der Waals surface area contributed by atoms with Gasteiger partial charge in [-0.25, -0.2) is 9.97 Å². The van der Waals surface area contributed by atoms with Crippen LogP contribution in [-0.2, 0) is 6.54 Å². The number of aryl methyl sites for hydroxylation is 1. The van der Waals surface area contributed by atoms with Gasteiger partial charge in [-0.15, -0.1) is 0 Å². The third kappa shape index (κ3) is 5.44. The van der Waals surface area contributed by atoms with Crippen molar-refractivity contribution < 1.29 is 4.74 Å². The van der Waals surface area contributed by atoms with Gasteiger partial charge in [0.05, 0.1) is 42.3 Å². The van der Waals surface area contributed by atoms with Crippen LogP contribution >= 0.6 is 11.6 Å². The van der Waals surface area contributed by atoms with Gasteiger partial charge in [-0.2, -0.15) is 5.10 Å². The molecule has 7 nitrogen and oxygen atoms in total. The van der Waals surface area contributed by atoms with Gasteiger partial charge >= 0.3 is 0 Å². The van der Waals surface area contributed by atoms with Crippen LogP contribution in [0.1, 0.15) is 36.9 Å². The summed E-state index contributed by atoms with van der Waals surface area (Å²) in [6.07, 6.45) is 8.45. The Bertz CT molecular complexity index is 1380. The Morgan fingerprint density at radius 3 is 2.55 bits per heavy atom. The minimum Gasteiger partial charge on any atom is -0.497 e. The first kappa shape index (κ1) is 25.0. The number of anilines is 2. The van der Waals surface area contributed by atoms with Crippen molar-refractivity contribution in [2.45, 2.75) is 39.2 Å². The fraction of sp³-hybridized carbons (Fsp3) is 0.433. The molecule has 1 aliphatic carbocycles. The number of aromatic nitrogens is 4. The molecule has 1 aliphatic heterocycles. The summed E-state index contributed by atoms with van der Waals surface area (Å²) < 4.78 is 7.37. The molecule has 0 radical (unpaired) electrons. The third-order valence-corrected chi connectivity index (χ3v) is 8.48. The average Bonchev–Trinajstić information content (AvgIpc) is 3.66. The fourth-order valence-electron chi connectivity index (χ4n) is 6.05. The van der Waals surface area contributed by atoms with Gasteiger partial charge in [0, 0.05) is 30.7 Å². The molecule has 6 rings (SSSR count). The van der Waals surface area contributed by atoms with E-state index in [9.17, 15) is 0 Å². The quantitative estimate of drug-likeness (QED) is 0.278. The van der Waals surface area contributed by atoms with Crippen LogP contribution in [0.5, 0.6) is 5.75 Å². The molecule has 2 aliphatic rings. The Labute approximate surface area is 229 Å². The number of nitrogens with zero attached hydrogens (tertiary/aromatic N) is 5. The molecule has 8 heteroatoms. The van der Waals surface area contributed by atoms with Gasteiger partial charge in [0.1, 0.15) is 5.75 Å². The van der Waals surface area contributed by atoms with E-state index in [0.717, 1.165) is 61.3 Å². The zero-order valence-corrected chi connectivity index (χ0v) is 22.9. The minimum atomic E-state index is 0.591. The van der Waals surface area contributed by atoms with Crippen LogP contribution in [0.2, 0.25) is 5.02 Å². The van der Waals surface area contributed by atoms with E-state index >= 15 is 0 Å². The van der Waals surface area contributed by atoms with E-state index in [4.69, 9.17) is 21.4 Å². The van der Waals surface area contributed by atoms with E-state index in [2.05, 4.69) is 62.1 Å². The standard InChI is InChI=1S/C30H35ClN6O/c1-20-27-16-25(5-8-29(27)37(35-20)19-21-3-6-26(38-2)7-4-21)32-12-9-23-15-28(23)22-10-13-36(14-11-22)30-33-17-24(31)18-34-30/h3-8,16-18,22-23,28,32H,9-15,19H2,1-2H3/t23-,28?/m1/s1. The van der Waals surface area contributed by atoms with Gasteiger partial charge in [0.25, 0.3) is 0 Å². The number of benzene rings is 2. The van der Waals surface area contributed by atoms with E-state index in [1.54, 1.807) is 19.5 Å². The fourth-order valence-corrected chi connectivity index (χ4v) is 6.15. The highest BCUT2D eigenvalue weighted by Gasteiger charge is 2.43. The van der Waals surface area contributed by atoms with E-state index in [1.165, 1.54) is 47.8 Å². The van der Waals surface area contributed by atoms with E-state index in [0.29, 0.717) is 5.02 Å². The lowest BCUT2D eigenvalue weighted by atomic mass is 9.90. The molecule has 2 aromatic heterocycles. The van der Waals surface area contributed by atoms with Crippen molar-refractivity contribution in [3.05, 3.63) is 71.1 Å². The highest BCUT2D eigenvalue weighted by molar-refractivity contribution is 6.30. The zero-order chi connectivity index (χ0) is 26.1. The SMILES string of the molecule is COc1ccc(Cn2nc(C)c3cc(NCC[C@@H]4CC4C4CCN(c5ncc(Cl)cn5)CC4)ccc32)cc1. The zero-order valence-electron chi connectivity index (χ0n) is 22.1. The van der Waals surface area contributed by atoms with Crippen LogP contribution in [0.3, 0.4) is 0 Å². The van der Waals surface area contributed by atoms with E-state index < -0.39 is 0 Å². The van der Waals surface area contributed by atoms with Gasteiger partial charge in [0.2, 0.25) is 5.95 Å². The predicted octanol–water partition coefficient (Wildman–Crippen LogP) is 6.20. The Hall–Kier alpha value is -3.32. The number of nitrogens with one attached hydrogen (secondary N) is 1. The molecule has 2 fully saturated rings. The average molecular weight is 531 g/mol. The van der Waals surface area contributed by atoms with Gasteiger partial charge < -0.3 is 15.0 Å². The lowest BCUT2D eigenvalue weighted by molar-refractivity contribution is 0.343. The topological polar surface area (TPSA) is 68.1 Å². The molecule has 3 heterocycles. The largest absolute Gasteiger partial charge is 0.497 e. The van der Waals surface area contributed by atoms with Crippen LogP contribution in [0.4, 0.5) is 11.6 Å². The molecular formula is C30H35ClN6O. The summed E-state index contributed by atoms with van der Waals surface area (Å²) in [7, 11) is 1.69. The van der Waals surface area contributed by atoms with Gasteiger partial charge in [0.15, 0.2) is 0 Å². The van der Waals surface area contributed by atoms with Gasteiger partial charge in [-0.1, -0.05) is 23.7 Å². The number of ether oxygens (including phenoxy) is 1. The summed E-state index contributed by atoms with van der Waals surface area (Å²) in [6.45, 7) is 5.94. The summed E-state index contributed by atoms with van der Waals surface area (Å²) in [5, 5.41) is 10.3. The maximum absolute atomic E-state index is 5.93. The summed E-state index contributed by atoms with van der Waals surface area (Å²) in [4.78, 5) is 11.1. The maximum Gasteiger partial charge on any atom is 0.225 e. The van der Waals surface area contributed by atoms with Crippen LogP contribution in [0.25, 0.3) is 10.9 Å². The number of halogens is 1. The molecule has 1 saturated carbocycles. The molecule has 38 heavy (non-hydrogen) atoms. The van der Waals surface area contributed by atoms with Crippen molar-refractivity contribution in [1.29, 1.82) is 0 Å². The Kier molecular flexibility index (Phi) is 7.11. The molecule has 198 valence electrons. The number of fused-ring (bicyclic) bond motifs is 1. The first-order valence-electron chi connectivity index (χ1n) is 13.6. The lowest BCUT2D eigenvalue weighted by Gasteiger charge is -2.32. The Balaban J connectivity index is 0.984. The van der Waals surface area contributed by atoms with E-state index in [-0.39, 0.29) is 0 Å². The second-order valence-electron chi connectivity index (χ2n) is 10.7. The number of hydrogen-bond donors (Lipinski definition) is 1. The van der Waals surface area contributed by atoms with Crippen LogP contribution < -0.4 is 15.0 Å². The van der Waals surface area contributed by atoms with Crippen molar-refractivity contribution in [2.75, 3.05) is 37.0 Å². The lowest BCUT2D eigenvalue weighted by Crippen LogP contribution is -2.35. The molecule has 2 aromatic carbocycles. The van der Waals surface area contributed by atoms with Crippen LogP contribution in [0, 0.1) is 24.7 Å². The predicted molar refractivity (Wildman–Crippen MR) is 153 cm³/mol. The number of methoxy groups -OCH3 is 1. The highest BCUT2D eigenvalue weighted by Crippen LogP contribution is 2.49. The molecule has 0 amide bonds. The second kappa shape index (κ2) is 10.8. The molecule has 0 bridgehead atoms. The molecule has 0 spiro atoms. The smallest absolute Gasteiger partial charge is 0.225 e.